The van der Waals surface area contributed by atoms with Crippen molar-refractivity contribution in [1.82, 2.24) is 9.88 Å². The number of hydrogen-bond acceptors (Lipinski definition) is 7. The number of nitrogens with one attached hydrogen (secondary N) is 1. The van der Waals surface area contributed by atoms with Crippen LogP contribution in [0.1, 0.15) is 13.8 Å². The summed E-state index contributed by atoms with van der Waals surface area (Å²) >= 11 is 0. The number of carbonyl (C=O) groups is 2. The molecule has 0 spiro atoms. The third-order valence-electron chi connectivity index (χ3n) is 3.46. The van der Waals surface area contributed by atoms with Gasteiger partial charge < -0.3 is 19.9 Å². The molecule has 10 heteroatoms. The van der Waals surface area contributed by atoms with Crippen molar-refractivity contribution in [2.24, 2.45) is 0 Å². The number of rotatable bonds is 4. The summed E-state index contributed by atoms with van der Waals surface area (Å²) < 4.78 is 4.94. The van der Waals surface area contributed by atoms with Gasteiger partial charge in [-0.05, 0) is 13.0 Å². The molecule has 130 valence electrons. The highest BCUT2D eigenvalue weighted by atomic mass is 16.6. The Labute approximate surface area is 138 Å². The number of carbonyl (C=O) groups excluding carboxylic acids is 2. The van der Waals surface area contributed by atoms with Crippen molar-refractivity contribution in [3.63, 3.8) is 0 Å². The van der Waals surface area contributed by atoms with Crippen molar-refractivity contribution < 1.29 is 19.2 Å². The average Bonchev–Trinajstić information content (AvgIpc) is 2.54. The van der Waals surface area contributed by atoms with E-state index >= 15 is 0 Å². The largest absolute Gasteiger partial charge is 0.450 e. The van der Waals surface area contributed by atoms with E-state index in [0.29, 0.717) is 32.8 Å². The maximum absolute atomic E-state index is 11.7. The maximum Gasteiger partial charge on any atom is 0.409 e. The van der Waals surface area contributed by atoms with Crippen LogP contribution in [0.25, 0.3) is 0 Å². The van der Waals surface area contributed by atoms with Crippen LogP contribution >= 0.6 is 0 Å². The molecule has 0 aliphatic carbocycles. The Morgan fingerprint density at radius 2 is 2.00 bits per heavy atom. The molecule has 0 atom stereocenters. The lowest BCUT2D eigenvalue weighted by Gasteiger charge is -2.34. The normalized spacial score (nSPS) is 14.2. The minimum atomic E-state index is -0.516. The molecule has 2 rings (SSSR count). The highest BCUT2D eigenvalue weighted by Gasteiger charge is 2.27. The molecule has 1 N–H and O–H groups in total. The first-order valence-corrected chi connectivity index (χ1v) is 7.52. The van der Waals surface area contributed by atoms with Gasteiger partial charge in [0.15, 0.2) is 0 Å². The number of anilines is 2. The van der Waals surface area contributed by atoms with Crippen LogP contribution < -0.4 is 10.2 Å². The highest BCUT2D eigenvalue weighted by molar-refractivity contribution is 5.88. The Balaban J connectivity index is 2.17. The molecule has 1 aromatic heterocycles. The standard InChI is InChI=1S/C14H19N5O5/c1-3-24-14(21)18-8-6-17(7-9-18)13-11(19(22)23)4-5-12(16-13)15-10(2)20/h4-5H,3,6-9H2,1-2H3,(H,15,16,20). The minimum absolute atomic E-state index is 0.145. The van der Waals surface area contributed by atoms with Gasteiger partial charge in [0.1, 0.15) is 5.82 Å². The molecule has 2 heterocycles. The first kappa shape index (κ1) is 17.4. The molecule has 1 aliphatic heterocycles. The van der Waals surface area contributed by atoms with Gasteiger partial charge in [-0.15, -0.1) is 0 Å². The second-order valence-electron chi connectivity index (χ2n) is 5.15. The molecule has 1 fully saturated rings. The zero-order valence-corrected chi connectivity index (χ0v) is 13.5. The quantitative estimate of drug-likeness (QED) is 0.648. The molecule has 1 aromatic rings. The maximum atomic E-state index is 11.7. The van der Waals surface area contributed by atoms with Crippen molar-refractivity contribution in [3.8, 4) is 0 Å². The van der Waals surface area contributed by atoms with Crippen molar-refractivity contribution in [1.29, 1.82) is 0 Å². The van der Waals surface area contributed by atoms with Crippen LogP contribution in [0.2, 0.25) is 0 Å². The van der Waals surface area contributed by atoms with Crippen LogP contribution in [0.3, 0.4) is 0 Å². The second kappa shape index (κ2) is 7.57. The molecule has 0 saturated carbocycles. The Bertz CT molecular complexity index is 642. The predicted molar refractivity (Wildman–Crippen MR) is 86.0 cm³/mol. The molecule has 10 nitrogen and oxygen atoms in total. The van der Waals surface area contributed by atoms with Gasteiger partial charge in [-0.3, -0.25) is 14.9 Å². The SMILES string of the molecule is CCOC(=O)N1CCN(c2nc(NC(C)=O)ccc2[N+](=O)[O-])CC1. The van der Waals surface area contributed by atoms with Crippen molar-refractivity contribution in [2.45, 2.75) is 13.8 Å². The Kier molecular flexibility index (Phi) is 5.51. The van der Waals surface area contributed by atoms with E-state index in [4.69, 9.17) is 4.74 Å². The van der Waals surface area contributed by atoms with E-state index in [0.717, 1.165) is 0 Å². The molecule has 24 heavy (non-hydrogen) atoms. The average molecular weight is 337 g/mol. The first-order chi connectivity index (χ1) is 11.4. The van der Waals surface area contributed by atoms with Gasteiger partial charge >= 0.3 is 11.8 Å². The fourth-order valence-corrected chi connectivity index (χ4v) is 2.38. The zero-order chi connectivity index (χ0) is 17.7. The van der Waals surface area contributed by atoms with Gasteiger partial charge in [-0.25, -0.2) is 9.78 Å². The van der Waals surface area contributed by atoms with Crippen LogP contribution in [0, 0.1) is 10.1 Å². The van der Waals surface area contributed by atoms with E-state index in [1.165, 1.54) is 19.1 Å². The van der Waals surface area contributed by atoms with Gasteiger partial charge in [0.25, 0.3) is 0 Å². The topological polar surface area (TPSA) is 118 Å². The summed E-state index contributed by atoms with van der Waals surface area (Å²) in [5.41, 5.74) is -0.145. The Hall–Kier alpha value is -2.91. The zero-order valence-electron chi connectivity index (χ0n) is 13.5. The summed E-state index contributed by atoms with van der Waals surface area (Å²) in [6.07, 6.45) is -0.397. The molecule has 2 amide bonds. The lowest BCUT2D eigenvalue weighted by atomic mass is 10.3. The summed E-state index contributed by atoms with van der Waals surface area (Å²) in [4.78, 5) is 41.0. The van der Waals surface area contributed by atoms with Gasteiger partial charge in [0.2, 0.25) is 11.7 Å². The number of amides is 2. The molecule has 0 aromatic carbocycles. The molecule has 0 radical (unpaired) electrons. The molecule has 0 bridgehead atoms. The van der Waals surface area contributed by atoms with E-state index in [1.807, 2.05) is 0 Å². The number of ether oxygens (including phenoxy) is 1. The van der Waals surface area contributed by atoms with E-state index in [1.54, 1.807) is 16.7 Å². The number of pyridine rings is 1. The lowest BCUT2D eigenvalue weighted by molar-refractivity contribution is -0.384. The van der Waals surface area contributed by atoms with E-state index in [-0.39, 0.29) is 23.2 Å². The third kappa shape index (κ3) is 4.09. The highest BCUT2D eigenvalue weighted by Crippen LogP contribution is 2.28. The number of hydrogen-bond donors (Lipinski definition) is 1. The Morgan fingerprint density at radius 1 is 1.33 bits per heavy atom. The summed E-state index contributed by atoms with van der Waals surface area (Å²) in [5.74, 6) is 0.111. The van der Waals surface area contributed by atoms with E-state index in [9.17, 15) is 19.7 Å². The minimum Gasteiger partial charge on any atom is -0.450 e. The van der Waals surface area contributed by atoms with Crippen LogP contribution in [0.4, 0.5) is 22.1 Å². The summed E-state index contributed by atoms with van der Waals surface area (Å²) in [6.45, 7) is 4.89. The smallest absolute Gasteiger partial charge is 0.409 e. The van der Waals surface area contributed by atoms with Crippen LogP contribution in [0.5, 0.6) is 0 Å². The van der Waals surface area contributed by atoms with E-state index < -0.39 is 11.0 Å². The number of aromatic nitrogens is 1. The molecule has 1 saturated heterocycles. The van der Waals surface area contributed by atoms with Crippen molar-refractivity contribution in [2.75, 3.05) is 43.0 Å². The summed E-state index contributed by atoms with van der Waals surface area (Å²) in [6, 6.07) is 2.70. The van der Waals surface area contributed by atoms with Crippen LogP contribution in [-0.2, 0) is 9.53 Å². The van der Waals surface area contributed by atoms with Gasteiger partial charge in [-0.2, -0.15) is 0 Å². The second-order valence-corrected chi connectivity index (χ2v) is 5.15. The number of nitrogens with zero attached hydrogens (tertiary/aromatic N) is 4. The fourth-order valence-electron chi connectivity index (χ4n) is 2.38. The van der Waals surface area contributed by atoms with Gasteiger partial charge in [-0.1, -0.05) is 0 Å². The predicted octanol–water partition coefficient (Wildman–Crippen LogP) is 1.23. The fraction of sp³-hybridized carbons (Fsp3) is 0.500. The molecule has 1 aliphatic rings. The summed E-state index contributed by atoms with van der Waals surface area (Å²) in [7, 11) is 0. The molecular formula is C14H19N5O5. The van der Waals surface area contributed by atoms with Crippen LogP contribution in [-0.4, -0.2) is 59.6 Å². The first-order valence-electron chi connectivity index (χ1n) is 7.52. The summed E-state index contributed by atoms with van der Waals surface area (Å²) in [5, 5.41) is 13.7. The molecular weight excluding hydrogens is 318 g/mol. The monoisotopic (exact) mass is 337 g/mol. The Morgan fingerprint density at radius 3 is 2.54 bits per heavy atom. The number of piperazine rings is 1. The third-order valence-corrected chi connectivity index (χ3v) is 3.46. The van der Waals surface area contributed by atoms with Crippen LogP contribution in [0.15, 0.2) is 12.1 Å². The van der Waals surface area contributed by atoms with E-state index in [2.05, 4.69) is 10.3 Å². The van der Waals surface area contributed by atoms with Crippen molar-refractivity contribution in [3.05, 3.63) is 22.2 Å². The van der Waals surface area contributed by atoms with Gasteiger partial charge in [0.05, 0.1) is 11.5 Å². The van der Waals surface area contributed by atoms with Crippen molar-refractivity contribution >= 4 is 29.3 Å². The number of nitro groups is 1. The lowest BCUT2D eigenvalue weighted by Crippen LogP contribution is -2.49. The van der Waals surface area contributed by atoms with Gasteiger partial charge in [0, 0.05) is 39.2 Å². The molecule has 0 unspecified atom stereocenters.